The molecule has 0 aliphatic rings. The van der Waals surface area contributed by atoms with Crippen molar-refractivity contribution in [2.24, 2.45) is 0 Å². The number of rotatable bonds is 9. The molecule has 0 aliphatic heterocycles. The maximum absolute atomic E-state index is 13.0. The molecule has 7 heteroatoms. The van der Waals surface area contributed by atoms with Crippen molar-refractivity contribution in [2.75, 3.05) is 13.2 Å². The van der Waals surface area contributed by atoms with Gasteiger partial charge >= 0.3 is 0 Å². The summed E-state index contributed by atoms with van der Waals surface area (Å²) in [5, 5.41) is 3.79. The Kier molecular flexibility index (Phi) is 9.00. The summed E-state index contributed by atoms with van der Waals surface area (Å²) in [5.74, 6) is 0.114. The van der Waals surface area contributed by atoms with Crippen LogP contribution in [-0.4, -0.2) is 35.9 Å². The number of halogens is 2. The van der Waals surface area contributed by atoms with Gasteiger partial charge < -0.3 is 15.0 Å². The van der Waals surface area contributed by atoms with Crippen molar-refractivity contribution in [3.05, 3.63) is 63.1 Å². The maximum atomic E-state index is 13.0. The number of nitrogens with one attached hydrogen (secondary N) is 1. The fourth-order valence-corrected chi connectivity index (χ4v) is 3.46. The van der Waals surface area contributed by atoms with Gasteiger partial charge in [0, 0.05) is 23.1 Å². The van der Waals surface area contributed by atoms with Gasteiger partial charge in [-0.05, 0) is 56.5 Å². The largest absolute Gasteiger partial charge is 0.483 e. The molecule has 0 spiro atoms. The van der Waals surface area contributed by atoms with Crippen molar-refractivity contribution < 1.29 is 14.3 Å². The molecule has 0 radical (unpaired) electrons. The number of hydrogen-bond donors (Lipinski definition) is 1. The predicted molar refractivity (Wildman–Crippen MR) is 121 cm³/mol. The zero-order valence-electron chi connectivity index (χ0n) is 17.8. The van der Waals surface area contributed by atoms with E-state index in [1.54, 1.807) is 25.1 Å². The highest BCUT2D eigenvalue weighted by molar-refractivity contribution is 6.35. The van der Waals surface area contributed by atoms with Gasteiger partial charge in [-0.15, -0.1) is 0 Å². The van der Waals surface area contributed by atoms with E-state index in [4.69, 9.17) is 27.9 Å². The molecule has 1 N–H and O–H groups in total. The van der Waals surface area contributed by atoms with Gasteiger partial charge in [0.15, 0.2) is 6.61 Å². The molecule has 1 atom stereocenters. The minimum atomic E-state index is -0.682. The summed E-state index contributed by atoms with van der Waals surface area (Å²) < 4.78 is 5.76. The van der Waals surface area contributed by atoms with Gasteiger partial charge in [-0.2, -0.15) is 0 Å². The maximum Gasteiger partial charge on any atom is 0.261 e. The number of amides is 2. The Balaban J connectivity index is 2.19. The number of carbonyl (C=O) groups excluding carboxylic acids is 2. The molecular formula is C23H28Cl2N2O3. The van der Waals surface area contributed by atoms with E-state index in [1.165, 1.54) is 4.90 Å². The van der Waals surface area contributed by atoms with Crippen molar-refractivity contribution in [1.82, 2.24) is 10.2 Å². The molecular weight excluding hydrogens is 423 g/mol. The molecule has 2 aromatic rings. The number of aryl methyl sites for hydroxylation is 2. The third kappa shape index (κ3) is 6.64. The molecule has 2 aromatic carbocycles. The van der Waals surface area contributed by atoms with Gasteiger partial charge in [0.05, 0.1) is 0 Å². The second-order valence-electron chi connectivity index (χ2n) is 7.28. The summed E-state index contributed by atoms with van der Waals surface area (Å²) in [7, 11) is 0. The Bertz CT molecular complexity index is 902. The van der Waals surface area contributed by atoms with Crippen LogP contribution >= 0.6 is 23.2 Å². The molecule has 5 nitrogen and oxygen atoms in total. The molecule has 0 bridgehead atoms. The summed E-state index contributed by atoms with van der Waals surface area (Å²) >= 11 is 12.3. The number of carbonyl (C=O) groups is 2. The van der Waals surface area contributed by atoms with Gasteiger partial charge in [-0.25, -0.2) is 0 Å². The van der Waals surface area contributed by atoms with Crippen LogP contribution in [-0.2, 0) is 16.1 Å². The topological polar surface area (TPSA) is 58.6 Å². The van der Waals surface area contributed by atoms with E-state index >= 15 is 0 Å². The summed E-state index contributed by atoms with van der Waals surface area (Å²) in [5.41, 5.74) is 2.77. The average Bonchev–Trinajstić information content (AvgIpc) is 2.70. The van der Waals surface area contributed by atoms with Crippen molar-refractivity contribution in [2.45, 2.75) is 46.7 Å². The molecule has 0 aromatic heterocycles. The quantitative estimate of drug-likeness (QED) is 0.588. The molecule has 0 heterocycles. The molecule has 162 valence electrons. The van der Waals surface area contributed by atoms with Crippen molar-refractivity contribution in [1.29, 1.82) is 0 Å². The normalized spacial score (nSPS) is 11.7. The van der Waals surface area contributed by atoms with Crippen molar-refractivity contribution >= 4 is 35.0 Å². The van der Waals surface area contributed by atoms with Crippen LogP contribution in [0, 0.1) is 13.8 Å². The van der Waals surface area contributed by atoms with Gasteiger partial charge in [-0.1, -0.05) is 53.9 Å². The zero-order chi connectivity index (χ0) is 22.3. The first kappa shape index (κ1) is 24.0. The monoisotopic (exact) mass is 450 g/mol. The van der Waals surface area contributed by atoms with Crippen LogP contribution in [0.25, 0.3) is 0 Å². The van der Waals surface area contributed by atoms with Crippen LogP contribution < -0.4 is 10.1 Å². The van der Waals surface area contributed by atoms with Gasteiger partial charge in [0.2, 0.25) is 5.91 Å². The highest BCUT2D eigenvalue weighted by Gasteiger charge is 2.27. The zero-order valence-corrected chi connectivity index (χ0v) is 19.3. The fourth-order valence-electron chi connectivity index (χ4n) is 3.00. The first-order valence-electron chi connectivity index (χ1n) is 9.94. The predicted octanol–water partition coefficient (Wildman–Crippen LogP) is 4.93. The lowest BCUT2D eigenvalue weighted by Crippen LogP contribution is -2.49. The lowest BCUT2D eigenvalue weighted by Gasteiger charge is -2.29. The standard InChI is InChI=1S/C23H28Cl2N2O3/c1-5-10-26-23(29)17(4)27(13-18-7-8-19(24)12-20(18)25)22(28)14-30-21-9-6-15(2)11-16(21)3/h6-9,11-12,17H,5,10,13-14H2,1-4H3,(H,26,29). The molecule has 0 fully saturated rings. The lowest BCUT2D eigenvalue weighted by molar-refractivity contribution is -0.142. The van der Waals surface area contributed by atoms with E-state index in [2.05, 4.69) is 5.32 Å². The van der Waals surface area contributed by atoms with E-state index in [-0.39, 0.29) is 25.0 Å². The van der Waals surface area contributed by atoms with Gasteiger partial charge in [0.25, 0.3) is 5.91 Å². The summed E-state index contributed by atoms with van der Waals surface area (Å²) in [6.45, 7) is 8.14. The van der Waals surface area contributed by atoms with Gasteiger partial charge in [0.1, 0.15) is 11.8 Å². The highest BCUT2D eigenvalue weighted by atomic mass is 35.5. The third-order valence-corrected chi connectivity index (χ3v) is 5.34. The van der Waals surface area contributed by atoms with E-state index in [1.807, 2.05) is 39.0 Å². The summed E-state index contributed by atoms with van der Waals surface area (Å²) in [6.07, 6.45) is 0.811. The lowest BCUT2D eigenvalue weighted by atomic mass is 10.1. The molecule has 30 heavy (non-hydrogen) atoms. The number of ether oxygens (including phenoxy) is 1. The van der Waals surface area contributed by atoms with Crippen LogP contribution in [0.1, 0.15) is 37.0 Å². The summed E-state index contributed by atoms with van der Waals surface area (Å²) in [6, 6.07) is 10.2. The molecule has 2 amide bonds. The fraction of sp³-hybridized carbons (Fsp3) is 0.391. The van der Waals surface area contributed by atoms with Crippen LogP contribution in [0.4, 0.5) is 0 Å². The van der Waals surface area contributed by atoms with Crippen LogP contribution in [0.3, 0.4) is 0 Å². The minimum Gasteiger partial charge on any atom is -0.483 e. The van der Waals surface area contributed by atoms with Crippen LogP contribution in [0.5, 0.6) is 5.75 Å². The van der Waals surface area contributed by atoms with E-state index in [0.717, 1.165) is 17.5 Å². The SMILES string of the molecule is CCCNC(=O)C(C)N(Cc1ccc(Cl)cc1Cl)C(=O)COc1ccc(C)cc1C. The van der Waals surface area contributed by atoms with E-state index in [0.29, 0.717) is 27.9 Å². The highest BCUT2D eigenvalue weighted by Crippen LogP contribution is 2.24. The Morgan fingerprint density at radius 1 is 1.13 bits per heavy atom. The smallest absolute Gasteiger partial charge is 0.261 e. The Labute approximate surface area is 188 Å². The average molecular weight is 451 g/mol. The van der Waals surface area contributed by atoms with Gasteiger partial charge in [-0.3, -0.25) is 9.59 Å². The number of hydrogen-bond acceptors (Lipinski definition) is 3. The first-order valence-corrected chi connectivity index (χ1v) is 10.7. The molecule has 2 rings (SSSR count). The van der Waals surface area contributed by atoms with Crippen LogP contribution in [0.2, 0.25) is 10.0 Å². The molecule has 0 aliphatic carbocycles. The second-order valence-corrected chi connectivity index (χ2v) is 8.13. The van der Waals surface area contributed by atoms with E-state index < -0.39 is 6.04 Å². The first-order chi connectivity index (χ1) is 14.2. The minimum absolute atomic E-state index is 0.172. The summed E-state index contributed by atoms with van der Waals surface area (Å²) in [4.78, 5) is 27.1. The molecule has 0 saturated carbocycles. The van der Waals surface area contributed by atoms with Crippen molar-refractivity contribution in [3.63, 3.8) is 0 Å². The molecule has 1 unspecified atom stereocenters. The number of nitrogens with zero attached hydrogens (tertiary/aromatic N) is 1. The Hall–Kier alpha value is -2.24. The van der Waals surface area contributed by atoms with Crippen LogP contribution in [0.15, 0.2) is 36.4 Å². The third-order valence-electron chi connectivity index (χ3n) is 4.75. The Morgan fingerprint density at radius 3 is 2.50 bits per heavy atom. The molecule has 0 saturated heterocycles. The Morgan fingerprint density at radius 2 is 1.87 bits per heavy atom. The van der Waals surface area contributed by atoms with Crippen molar-refractivity contribution in [3.8, 4) is 5.75 Å². The second kappa shape index (κ2) is 11.2. The number of benzene rings is 2. The van der Waals surface area contributed by atoms with E-state index in [9.17, 15) is 9.59 Å².